The number of amides is 1. The summed E-state index contributed by atoms with van der Waals surface area (Å²) in [5, 5.41) is 6.12. The number of hydrogen-bond acceptors (Lipinski definition) is 4. The fourth-order valence-electron chi connectivity index (χ4n) is 2.24. The minimum absolute atomic E-state index is 0.176. The van der Waals surface area contributed by atoms with E-state index in [-0.39, 0.29) is 5.91 Å². The van der Waals surface area contributed by atoms with Gasteiger partial charge in [-0.1, -0.05) is 6.07 Å². The molecule has 2 N–H and O–H groups in total. The van der Waals surface area contributed by atoms with Crippen LogP contribution in [0.15, 0.2) is 71.3 Å². The monoisotopic (exact) mass is 322 g/mol. The minimum atomic E-state index is -0.176. The molecule has 0 atom stereocenters. The van der Waals surface area contributed by atoms with Gasteiger partial charge in [0, 0.05) is 16.9 Å². The predicted octanol–water partition coefficient (Wildman–Crippen LogP) is 4.15. The molecule has 0 aliphatic carbocycles. The molecule has 0 aliphatic heterocycles. The van der Waals surface area contributed by atoms with Crippen LogP contribution in [0.25, 0.3) is 0 Å². The fourth-order valence-corrected chi connectivity index (χ4v) is 2.24. The van der Waals surface area contributed by atoms with Crippen LogP contribution in [-0.4, -0.2) is 13.0 Å². The fraction of sp³-hybridized carbons (Fsp3) is 0.105. The van der Waals surface area contributed by atoms with E-state index in [1.54, 1.807) is 37.6 Å². The summed E-state index contributed by atoms with van der Waals surface area (Å²) in [5.74, 6) is 1.34. The number of benzene rings is 2. The van der Waals surface area contributed by atoms with Crippen molar-refractivity contribution in [3.05, 3.63) is 78.3 Å². The molecule has 0 aliphatic rings. The standard InChI is InChI=1S/C19H18N2O3/c1-23-17-5-2-4-14(12-17)19(22)21-16-9-7-15(8-10-16)20-13-18-6-3-11-24-18/h2-12,20H,13H2,1H3,(H,21,22). The summed E-state index contributed by atoms with van der Waals surface area (Å²) in [7, 11) is 1.57. The molecule has 0 saturated carbocycles. The Kier molecular flexibility index (Phi) is 4.81. The summed E-state index contributed by atoms with van der Waals surface area (Å²) >= 11 is 0. The van der Waals surface area contributed by atoms with Crippen molar-refractivity contribution in [1.29, 1.82) is 0 Å². The van der Waals surface area contributed by atoms with E-state index in [2.05, 4.69) is 10.6 Å². The molecule has 3 rings (SSSR count). The number of rotatable bonds is 6. The quantitative estimate of drug-likeness (QED) is 0.715. The maximum absolute atomic E-state index is 12.3. The van der Waals surface area contributed by atoms with Crippen molar-refractivity contribution in [1.82, 2.24) is 0 Å². The van der Waals surface area contributed by atoms with Gasteiger partial charge in [-0.05, 0) is 54.6 Å². The minimum Gasteiger partial charge on any atom is -0.497 e. The van der Waals surface area contributed by atoms with Gasteiger partial charge >= 0.3 is 0 Å². The lowest BCUT2D eigenvalue weighted by atomic mass is 10.2. The molecule has 0 saturated heterocycles. The Balaban J connectivity index is 1.60. The van der Waals surface area contributed by atoms with Gasteiger partial charge in [0.05, 0.1) is 19.9 Å². The summed E-state index contributed by atoms with van der Waals surface area (Å²) in [4.78, 5) is 12.3. The van der Waals surface area contributed by atoms with E-state index in [4.69, 9.17) is 9.15 Å². The number of anilines is 2. The first-order valence-electron chi connectivity index (χ1n) is 7.56. The number of carbonyl (C=O) groups excluding carboxylic acids is 1. The number of hydrogen-bond donors (Lipinski definition) is 2. The van der Waals surface area contributed by atoms with E-state index in [9.17, 15) is 4.79 Å². The Morgan fingerprint density at radius 1 is 1.04 bits per heavy atom. The highest BCUT2D eigenvalue weighted by molar-refractivity contribution is 6.04. The first kappa shape index (κ1) is 15.7. The molecular weight excluding hydrogens is 304 g/mol. The molecule has 3 aromatic rings. The summed E-state index contributed by atoms with van der Waals surface area (Å²) < 4.78 is 10.4. The van der Waals surface area contributed by atoms with Gasteiger partial charge in [0.1, 0.15) is 11.5 Å². The molecule has 0 fully saturated rings. The molecule has 2 aromatic carbocycles. The van der Waals surface area contributed by atoms with Crippen molar-refractivity contribution < 1.29 is 13.9 Å². The van der Waals surface area contributed by atoms with Crippen molar-refractivity contribution >= 4 is 17.3 Å². The molecule has 0 unspecified atom stereocenters. The average molecular weight is 322 g/mol. The normalized spacial score (nSPS) is 10.2. The van der Waals surface area contributed by atoms with Gasteiger partial charge in [-0.3, -0.25) is 4.79 Å². The molecule has 1 amide bonds. The van der Waals surface area contributed by atoms with Crippen LogP contribution in [0.5, 0.6) is 5.75 Å². The van der Waals surface area contributed by atoms with Crippen molar-refractivity contribution in [2.45, 2.75) is 6.54 Å². The molecule has 24 heavy (non-hydrogen) atoms. The molecule has 0 radical (unpaired) electrons. The first-order chi connectivity index (χ1) is 11.7. The number of furan rings is 1. The van der Waals surface area contributed by atoms with Crippen molar-refractivity contribution in [3.63, 3.8) is 0 Å². The molecular formula is C19H18N2O3. The zero-order valence-electron chi connectivity index (χ0n) is 13.3. The highest BCUT2D eigenvalue weighted by Crippen LogP contribution is 2.17. The van der Waals surface area contributed by atoms with Gasteiger partial charge in [0.2, 0.25) is 0 Å². The summed E-state index contributed by atoms with van der Waals surface area (Å²) in [6.45, 7) is 0.614. The van der Waals surface area contributed by atoms with Crippen molar-refractivity contribution in [3.8, 4) is 5.75 Å². The lowest BCUT2D eigenvalue weighted by Gasteiger charge is -2.08. The largest absolute Gasteiger partial charge is 0.497 e. The van der Waals surface area contributed by atoms with Crippen LogP contribution in [0.2, 0.25) is 0 Å². The number of ether oxygens (including phenoxy) is 1. The van der Waals surface area contributed by atoms with Crippen molar-refractivity contribution in [2.75, 3.05) is 17.7 Å². The van der Waals surface area contributed by atoms with Gasteiger partial charge in [-0.15, -0.1) is 0 Å². The molecule has 1 heterocycles. The Morgan fingerprint density at radius 3 is 2.54 bits per heavy atom. The van der Waals surface area contributed by atoms with E-state index in [1.807, 2.05) is 36.4 Å². The zero-order chi connectivity index (χ0) is 16.8. The van der Waals surface area contributed by atoms with E-state index in [0.29, 0.717) is 17.9 Å². The van der Waals surface area contributed by atoms with Gasteiger partial charge in [-0.25, -0.2) is 0 Å². The third-order valence-electron chi connectivity index (χ3n) is 3.52. The third-order valence-corrected chi connectivity index (χ3v) is 3.52. The second-order valence-electron chi connectivity index (χ2n) is 5.20. The summed E-state index contributed by atoms with van der Waals surface area (Å²) in [5.41, 5.74) is 2.23. The Hall–Kier alpha value is -3.21. The predicted molar refractivity (Wildman–Crippen MR) is 93.4 cm³/mol. The molecule has 122 valence electrons. The second-order valence-corrected chi connectivity index (χ2v) is 5.20. The summed E-state index contributed by atoms with van der Waals surface area (Å²) in [6, 6.07) is 18.3. The molecule has 5 heteroatoms. The van der Waals surface area contributed by atoms with Crippen LogP contribution in [0.4, 0.5) is 11.4 Å². The molecule has 0 bridgehead atoms. The third kappa shape index (κ3) is 3.95. The molecule has 0 spiro atoms. The van der Waals surface area contributed by atoms with Crippen LogP contribution in [-0.2, 0) is 6.54 Å². The van der Waals surface area contributed by atoms with E-state index in [1.165, 1.54) is 0 Å². The maximum Gasteiger partial charge on any atom is 0.255 e. The van der Waals surface area contributed by atoms with Crippen LogP contribution in [0.1, 0.15) is 16.1 Å². The number of methoxy groups -OCH3 is 1. The molecule has 1 aromatic heterocycles. The van der Waals surface area contributed by atoms with E-state index in [0.717, 1.165) is 17.1 Å². The van der Waals surface area contributed by atoms with Crippen LogP contribution < -0.4 is 15.4 Å². The van der Waals surface area contributed by atoms with Crippen LogP contribution in [0, 0.1) is 0 Å². The lowest BCUT2D eigenvalue weighted by Crippen LogP contribution is -2.11. The van der Waals surface area contributed by atoms with E-state index >= 15 is 0 Å². The van der Waals surface area contributed by atoms with E-state index < -0.39 is 0 Å². The zero-order valence-corrected chi connectivity index (χ0v) is 13.3. The Bertz CT molecular complexity index is 796. The van der Waals surface area contributed by atoms with Gasteiger partial charge in [-0.2, -0.15) is 0 Å². The van der Waals surface area contributed by atoms with Crippen LogP contribution >= 0.6 is 0 Å². The summed E-state index contributed by atoms with van der Waals surface area (Å²) in [6.07, 6.45) is 1.65. The maximum atomic E-state index is 12.3. The smallest absolute Gasteiger partial charge is 0.255 e. The number of nitrogens with one attached hydrogen (secondary N) is 2. The van der Waals surface area contributed by atoms with Crippen LogP contribution in [0.3, 0.4) is 0 Å². The first-order valence-corrected chi connectivity index (χ1v) is 7.56. The topological polar surface area (TPSA) is 63.5 Å². The van der Waals surface area contributed by atoms with Gasteiger partial charge in [0.25, 0.3) is 5.91 Å². The second kappa shape index (κ2) is 7.37. The number of carbonyl (C=O) groups is 1. The highest BCUT2D eigenvalue weighted by atomic mass is 16.5. The highest BCUT2D eigenvalue weighted by Gasteiger charge is 2.07. The average Bonchev–Trinajstić information content (AvgIpc) is 3.15. The Morgan fingerprint density at radius 2 is 1.83 bits per heavy atom. The van der Waals surface area contributed by atoms with Gasteiger partial charge < -0.3 is 19.8 Å². The Labute approximate surface area is 140 Å². The molecule has 5 nitrogen and oxygen atoms in total. The SMILES string of the molecule is COc1cccc(C(=O)Nc2ccc(NCc3ccco3)cc2)c1. The van der Waals surface area contributed by atoms with Gasteiger partial charge in [0.15, 0.2) is 0 Å². The lowest BCUT2D eigenvalue weighted by molar-refractivity contribution is 0.102. The van der Waals surface area contributed by atoms with Crippen molar-refractivity contribution in [2.24, 2.45) is 0 Å².